The second kappa shape index (κ2) is 6.37. The van der Waals surface area contributed by atoms with Crippen molar-refractivity contribution in [2.75, 3.05) is 6.54 Å². The standard InChI is InChI=1S/C20H18ClN3O/c1-2-12-24-19(14-6-4-3-5-7-14)16-17(22-23-18(16)20(24)25)13-8-10-15(21)11-9-13/h3-11,19H,2,12H2,1H3,(H,22,23). The van der Waals surface area contributed by atoms with Gasteiger partial charge < -0.3 is 4.90 Å². The summed E-state index contributed by atoms with van der Waals surface area (Å²) in [4.78, 5) is 14.8. The number of carbonyl (C=O) groups excluding carboxylic acids is 1. The highest BCUT2D eigenvalue weighted by atomic mass is 35.5. The summed E-state index contributed by atoms with van der Waals surface area (Å²) in [5.74, 6) is 0.0124. The molecule has 4 nitrogen and oxygen atoms in total. The maximum Gasteiger partial charge on any atom is 0.273 e. The molecule has 0 saturated heterocycles. The van der Waals surface area contributed by atoms with Crippen molar-refractivity contribution in [1.29, 1.82) is 0 Å². The van der Waals surface area contributed by atoms with Crippen molar-refractivity contribution < 1.29 is 4.79 Å². The Morgan fingerprint density at radius 1 is 1.12 bits per heavy atom. The number of hydrogen-bond acceptors (Lipinski definition) is 2. The first-order chi connectivity index (χ1) is 12.2. The molecule has 1 aliphatic rings. The van der Waals surface area contributed by atoms with Crippen LogP contribution in [0.4, 0.5) is 0 Å². The van der Waals surface area contributed by atoms with Gasteiger partial charge in [0.05, 0.1) is 11.7 Å². The van der Waals surface area contributed by atoms with Crippen molar-refractivity contribution >= 4 is 17.5 Å². The Labute approximate surface area is 151 Å². The third-order valence-corrected chi connectivity index (χ3v) is 4.81. The Morgan fingerprint density at radius 2 is 1.84 bits per heavy atom. The maximum absolute atomic E-state index is 12.9. The number of nitrogens with one attached hydrogen (secondary N) is 1. The van der Waals surface area contributed by atoms with Crippen LogP contribution in [0.5, 0.6) is 0 Å². The molecule has 0 fully saturated rings. The fourth-order valence-electron chi connectivity index (χ4n) is 3.48. The monoisotopic (exact) mass is 351 g/mol. The van der Waals surface area contributed by atoms with E-state index in [-0.39, 0.29) is 11.9 Å². The maximum atomic E-state index is 12.9. The molecule has 0 radical (unpaired) electrons. The molecule has 1 N–H and O–H groups in total. The van der Waals surface area contributed by atoms with E-state index < -0.39 is 0 Å². The fourth-order valence-corrected chi connectivity index (χ4v) is 3.60. The number of rotatable bonds is 4. The van der Waals surface area contributed by atoms with Gasteiger partial charge in [0.1, 0.15) is 5.69 Å². The largest absolute Gasteiger partial charge is 0.326 e. The summed E-state index contributed by atoms with van der Waals surface area (Å²) in [5.41, 5.74) is 4.40. The number of nitrogens with zero attached hydrogens (tertiary/aromatic N) is 2. The molecular weight excluding hydrogens is 334 g/mol. The van der Waals surface area contributed by atoms with Crippen LogP contribution >= 0.6 is 11.6 Å². The average molecular weight is 352 g/mol. The first-order valence-corrected chi connectivity index (χ1v) is 8.78. The molecule has 2 heterocycles. The Bertz CT molecular complexity index is 902. The molecule has 1 unspecified atom stereocenters. The number of halogens is 1. The van der Waals surface area contributed by atoms with Crippen molar-refractivity contribution in [3.05, 3.63) is 76.4 Å². The lowest BCUT2D eigenvalue weighted by atomic mass is 9.96. The number of aromatic nitrogens is 2. The second-order valence-corrected chi connectivity index (χ2v) is 6.62. The zero-order valence-corrected chi connectivity index (χ0v) is 14.6. The first-order valence-electron chi connectivity index (χ1n) is 8.40. The SMILES string of the molecule is CCCN1C(=O)c2[nH]nc(-c3ccc(Cl)cc3)c2C1c1ccccc1. The van der Waals surface area contributed by atoms with Crippen LogP contribution in [0.15, 0.2) is 54.6 Å². The Kier molecular flexibility index (Phi) is 4.06. The van der Waals surface area contributed by atoms with Crippen LogP contribution in [-0.4, -0.2) is 27.5 Å². The van der Waals surface area contributed by atoms with Crippen molar-refractivity contribution in [2.45, 2.75) is 19.4 Å². The highest BCUT2D eigenvalue weighted by Crippen LogP contribution is 2.42. The van der Waals surface area contributed by atoms with Crippen LogP contribution < -0.4 is 0 Å². The van der Waals surface area contributed by atoms with E-state index >= 15 is 0 Å². The van der Waals surface area contributed by atoms with Crippen LogP contribution in [-0.2, 0) is 0 Å². The van der Waals surface area contributed by atoms with E-state index in [0.29, 0.717) is 17.3 Å². The van der Waals surface area contributed by atoms with Gasteiger partial charge in [-0.25, -0.2) is 0 Å². The Morgan fingerprint density at radius 3 is 2.52 bits per heavy atom. The van der Waals surface area contributed by atoms with Crippen molar-refractivity contribution in [1.82, 2.24) is 15.1 Å². The lowest BCUT2D eigenvalue weighted by molar-refractivity contribution is 0.0744. The molecule has 2 aromatic carbocycles. The summed E-state index contributed by atoms with van der Waals surface area (Å²) in [5, 5.41) is 8.09. The van der Waals surface area contributed by atoms with Gasteiger partial charge in [0.2, 0.25) is 0 Å². The van der Waals surface area contributed by atoms with Gasteiger partial charge in [-0.05, 0) is 24.1 Å². The highest BCUT2D eigenvalue weighted by Gasteiger charge is 2.41. The molecule has 0 spiro atoms. The summed E-state index contributed by atoms with van der Waals surface area (Å²) in [6.45, 7) is 2.79. The third-order valence-electron chi connectivity index (χ3n) is 4.56. The summed E-state index contributed by atoms with van der Waals surface area (Å²) in [7, 11) is 0. The number of carbonyl (C=O) groups is 1. The van der Waals surface area contributed by atoms with Crippen LogP contribution in [0.1, 0.15) is 41.0 Å². The second-order valence-electron chi connectivity index (χ2n) is 6.18. The van der Waals surface area contributed by atoms with Gasteiger partial charge in [0.25, 0.3) is 5.91 Å². The van der Waals surface area contributed by atoms with Crippen LogP contribution in [0, 0.1) is 0 Å². The van der Waals surface area contributed by atoms with Gasteiger partial charge in [-0.3, -0.25) is 9.89 Å². The van der Waals surface area contributed by atoms with Gasteiger partial charge in [-0.1, -0.05) is 61.0 Å². The molecule has 3 aromatic rings. The van der Waals surface area contributed by atoms with Gasteiger partial charge in [-0.2, -0.15) is 5.10 Å². The summed E-state index contributed by atoms with van der Waals surface area (Å²) >= 11 is 6.01. The number of hydrogen-bond donors (Lipinski definition) is 1. The number of fused-ring (bicyclic) bond motifs is 1. The minimum atomic E-state index is -0.118. The number of amides is 1. The number of H-pyrrole nitrogens is 1. The van der Waals surface area contributed by atoms with E-state index in [1.807, 2.05) is 47.4 Å². The first kappa shape index (κ1) is 15.9. The highest BCUT2D eigenvalue weighted by molar-refractivity contribution is 6.30. The van der Waals surface area contributed by atoms with Gasteiger partial charge >= 0.3 is 0 Å². The minimum absolute atomic E-state index is 0.0124. The molecule has 1 atom stereocenters. The van der Waals surface area contributed by atoms with E-state index in [2.05, 4.69) is 29.3 Å². The predicted molar refractivity (Wildman–Crippen MR) is 98.6 cm³/mol. The zero-order chi connectivity index (χ0) is 17.4. The normalized spacial score (nSPS) is 16.3. The quantitative estimate of drug-likeness (QED) is 0.741. The molecule has 1 aromatic heterocycles. The van der Waals surface area contributed by atoms with Gasteiger partial charge in [-0.15, -0.1) is 0 Å². The molecule has 0 bridgehead atoms. The molecule has 25 heavy (non-hydrogen) atoms. The summed E-state index contributed by atoms with van der Waals surface area (Å²) < 4.78 is 0. The van der Waals surface area contributed by atoms with E-state index in [9.17, 15) is 4.79 Å². The van der Waals surface area contributed by atoms with Crippen LogP contribution in [0.25, 0.3) is 11.3 Å². The molecule has 5 heteroatoms. The van der Waals surface area contributed by atoms with Crippen molar-refractivity contribution in [3.63, 3.8) is 0 Å². The lowest BCUT2D eigenvalue weighted by Gasteiger charge is -2.25. The fraction of sp³-hybridized carbons (Fsp3) is 0.200. The molecule has 4 rings (SSSR count). The van der Waals surface area contributed by atoms with Gasteiger partial charge in [0.15, 0.2) is 0 Å². The number of benzene rings is 2. The van der Waals surface area contributed by atoms with Crippen molar-refractivity contribution in [3.8, 4) is 11.3 Å². The predicted octanol–water partition coefficient (Wildman–Crippen LogP) is 4.69. The molecule has 0 aliphatic carbocycles. The summed E-state index contributed by atoms with van der Waals surface area (Å²) in [6.07, 6.45) is 0.906. The third kappa shape index (κ3) is 2.63. The smallest absolute Gasteiger partial charge is 0.273 e. The van der Waals surface area contributed by atoms with Crippen LogP contribution in [0.2, 0.25) is 5.02 Å². The van der Waals surface area contributed by atoms with E-state index in [0.717, 1.165) is 28.8 Å². The van der Waals surface area contributed by atoms with Crippen LogP contribution in [0.3, 0.4) is 0 Å². The molecule has 1 amide bonds. The van der Waals surface area contributed by atoms with E-state index in [1.54, 1.807) is 0 Å². The topological polar surface area (TPSA) is 49.0 Å². The summed E-state index contributed by atoms with van der Waals surface area (Å²) in [6, 6.07) is 17.6. The molecular formula is C20H18ClN3O. The van der Waals surface area contributed by atoms with E-state index in [1.165, 1.54) is 0 Å². The minimum Gasteiger partial charge on any atom is -0.326 e. The Hall–Kier alpha value is -2.59. The molecule has 126 valence electrons. The zero-order valence-electron chi connectivity index (χ0n) is 13.9. The van der Waals surface area contributed by atoms with Gasteiger partial charge in [0, 0.05) is 22.7 Å². The number of aromatic amines is 1. The Balaban J connectivity index is 1.88. The molecule has 1 aliphatic heterocycles. The molecule has 0 saturated carbocycles. The average Bonchev–Trinajstić information content (AvgIpc) is 3.17. The van der Waals surface area contributed by atoms with Crippen molar-refractivity contribution in [2.24, 2.45) is 0 Å². The lowest BCUT2D eigenvalue weighted by Crippen LogP contribution is -2.30. The van der Waals surface area contributed by atoms with E-state index in [4.69, 9.17) is 11.6 Å².